The molecule has 0 amide bonds. The van der Waals surface area contributed by atoms with Crippen LogP contribution in [-0.4, -0.2) is 33.8 Å². The number of benzene rings is 1. The van der Waals surface area contributed by atoms with Crippen LogP contribution >= 0.6 is 0 Å². The van der Waals surface area contributed by atoms with Crippen LogP contribution in [0.25, 0.3) is 0 Å². The lowest BCUT2D eigenvalue weighted by molar-refractivity contribution is 0.413. The van der Waals surface area contributed by atoms with Gasteiger partial charge in [-0.1, -0.05) is 0 Å². The molecule has 0 saturated carbocycles. The van der Waals surface area contributed by atoms with Crippen LogP contribution in [0.1, 0.15) is 12.8 Å². The minimum absolute atomic E-state index is 0.222. The number of nitrogens with zero attached hydrogens (tertiary/aromatic N) is 1. The fraction of sp³-hybridized carbons (Fsp3) is 0.571. The molecular formula is C14H21FN2O. The van der Waals surface area contributed by atoms with Crippen molar-refractivity contribution in [3.63, 3.8) is 0 Å². The summed E-state index contributed by atoms with van der Waals surface area (Å²) in [6.07, 6.45) is 2.37. The van der Waals surface area contributed by atoms with Crippen molar-refractivity contribution in [2.24, 2.45) is 5.92 Å². The molecule has 0 radical (unpaired) electrons. The molecule has 18 heavy (non-hydrogen) atoms. The summed E-state index contributed by atoms with van der Waals surface area (Å²) in [6.45, 7) is 3.15. The molecule has 100 valence electrons. The topological polar surface area (TPSA) is 24.5 Å². The van der Waals surface area contributed by atoms with E-state index in [1.54, 1.807) is 13.2 Å². The summed E-state index contributed by atoms with van der Waals surface area (Å²) >= 11 is 0. The summed E-state index contributed by atoms with van der Waals surface area (Å²) in [5.74, 6) is 1.25. The molecule has 0 aliphatic carbocycles. The van der Waals surface area contributed by atoms with Gasteiger partial charge < -0.3 is 15.0 Å². The number of anilines is 1. The van der Waals surface area contributed by atoms with E-state index in [4.69, 9.17) is 4.74 Å². The molecule has 1 aliphatic heterocycles. The van der Waals surface area contributed by atoms with Crippen LogP contribution in [0, 0.1) is 11.7 Å². The van der Waals surface area contributed by atoms with E-state index in [9.17, 15) is 4.39 Å². The van der Waals surface area contributed by atoms with Gasteiger partial charge in [-0.25, -0.2) is 4.39 Å². The Morgan fingerprint density at radius 1 is 1.50 bits per heavy atom. The third kappa shape index (κ3) is 3.13. The zero-order valence-corrected chi connectivity index (χ0v) is 11.1. The fourth-order valence-corrected chi connectivity index (χ4v) is 2.42. The summed E-state index contributed by atoms with van der Waals surface area (Å²) in [6, 6.07) is 4.64. The minimum Gasteiger partial charge on any atom is -0.495 e. The molecule has 1 heterocycles. The third-order valence-electron chi connectivity index (χ3n) is 3.59. The van der Waals surface area contributed by atoms with Crippen LogP contribution in [0.2, 0.25) is 0 Å². The number of nitrogens with one attached hydrogen (secondary N) is 1. The predicted molar refractivity (Wildman–Crippen MR) is 71.8 cm³/mol. The molecule has 1 aromatic rings. The van der Waals surface area contributed by atoms with Crippen molar-refractivity contribution in [3.8, 4) is 5.75 Å². The van der Waals surface area contributed by atoms with Gasteiger partial charge in [0, 0.05) is 19.7 Å². The average Bonchev–Trinajstić information content (AvgIpc) is 2.89. The van der Waals surface area contributed by atoms with Crippen molar-refractivity contribution in [2.75, 3.05) is 38.7 Å². The van der Waals surface area contributed by atoms with E-state index in [-0.39, 0.29) is 5.82 Å². The Morgan fingerprint density at radius 2 is 2.33 bits per heavy atom. The number of hydrogen-bond donors (Lipinski definition) is 1. The first-order chi connectivity index (χ1) is 8.70. The fourth-order valence-electron chi connectivity index (χ4n) is 2.42. The summed E-state index contributed by atoms with van der Waals surface area (Å²) in [7, 11) is 3.60. The molecule has 1 aliphatic rings. The summed E-state index contributed by atoms with van der Waals surface area (Å²) in [4.78, 5) is 2.07. The van der Waals surface area contributed by atoms with Gasteiger partial charge in [-0.05, 0) is 44.0 Å². The second-order valence-electron chi connectivity index (χ2n) is 4.89. The lowest BCUT2D eigenvalue weighted by Crippen LogP contribution is -2.22. The van der Waals surface area contributed by atoms with Crippen molar-refractivity contribution in [1.29, 1.82) is 0 Å². The van der Waals surface area contributed by atoms with Crippen LogP contribution in [-0.2, 0) is 0 Å². The van der Waals surface area contributed by atoms with Gasteiger partial charge in [-0.2, -0.15) is 0 Å². The van der Waals surface area contributed by atoms with Gasteiger partial charge in [0.05, 0.1) is 12.8 Å². The van der Waals surface area contributed by atoms with E-state index in [0.29, 0.717) is 0 Å². The Labute approximate surface area is 108 Å². The van der Waals surface area contributed by atoms with Gasteiger partial charge in [0.1, 0.15) is 11.6 Å². The van der Waals surface area contributed by atoms with E-state index < -0.39 is 0 Å². The van der Waals surface area contributed by atoms with E-state index >= 15 is 0 Å². The highest BCUT2D eigenvalue weighted by atomic mass is 19.1. The first-order valence-corrected chi connectivity index (χ1v) is 6.46. The maximum Gasteiger partial charge on any atom is 0.142 e. The monoisotopic (exact) mass is 252 g/mol. The molecular weight excluding hydrogens is 231 g/mol. The van der Waals surface area contributed by atoms with Gasteiger partial charge in [0.25, 0.3) is 0 Å². The molecule has 3 nitrogen and oxygen atoms in total. The van der Waals surface area contributed by atoms with E-state index in [2.05, 4.69) is 10.2 Å². The van der Waals surface area contributed by atoms with E-state index in [0.717, 1.165) is 43.4 Å². The predicted octanol–water partition coefficient (Wildman–Crippen LogP) is 2.27. The van der Waals surface area contributed by atoms with Gasteiger partial charge in [0.2, 0.25) is 0 Å². The molecule has 1 saturated heterocycles. The Bertz CT molecular complexity index is 391. The maximum atomic E-state index is 13.3. The first kappa shape index (κ1) is 13.1. The van der Waals surface area contributed by atoms with Crippen LogP contribution in [0.15, 0.2) is 18.2 Å². The van der Waals surface area contributed by atoms with Gasteiger partial charge in [-0.3, -0.25) is 0 Å². The molecule has 2 rings (SSSR count). The summed E-state index contributed by atoms with van der Waals surface area (Å²) in [5, 5.41) is 3.36. The Hall–Kier alpha value is -1.29. The molecule has 1 atom stereocenters. The largest absolute Gasteiger partial charge is 0.495 e. The van der Waals surface area contributed by atoms with Crippen LogP contribution in [0.4, 0.5) is 10.1 Å². The number of ether oxygens (including phenoxy) is 1. The molecule has 1 aromatic carbocycles. The van der Waals surface area contributed by atoms with Gasteiger partial charge in [0.15, 0.2) is 0 Å². The van der Waals surface area contributed by atoms with Crippen LogP contribution < -0.4 is 15.0 Å². The molecule has 1 unspecified atom stereocenters. The van der Waals surface area contributed by atoms with Gasteiger partial charge >= 0.3 is 0 Å². The first-order valence-electron chi connectivity index (χ1n) is 6.46. The summed E-state index contributed by atoms with van der Waals surface area (Å²) < 4.78 is 18.6. The Kier molecular flexibility index (Phi) is 4.42. The zero-order valence-electron chi connectivity index (χ0n) is 11.1. The van der Waals surface area contributed by atoms with Crippen LogP contribution in [0.5, 0.6) is 5.75 Å². The quantitative estimate of drug-likeness (QED) is 0.870. The molecule has 0 spiro atoms. The van der Waals surface area contributed by atoms with Crippen molar-refractivity contribution in [1.82, 2.24) is 5.32 Å². The van der Waals surface area contributed by atoms with Crippen molar-refractivity contribution in [2.45, 2.75) is 12.8 Å². The molecule has 4 heteroatoms. The lowest BCUT2D eigenvalue weighted by atomic mass is 10.0. The Morgan fingerprint density at radius 3 is 3.00 bits per heavy atom. The van der Waals surface area contributed by atoms with E-state index in [1.807, 2.05) is 7.05 Å². The van der Waals surface area contributed by atoms with Crippen LogP contribution in [0.3, 0.4) is 0 Å². The van der Waals surface area contributed by atoms with E-state index in [1.165, 1.54) is 18.6 Å². The number of rotatable bonds is 5. The second kappa shape index (κ2) is 6.05. The normalized spacial score (nSPS) is 18.9. The molecule has 1 fully saturated rings. The highest BCUT2D eigenvalue weighted by molar-refractivity contribution is 5.58. The maximum absolute atomic E-state index is 13.3. The van der Waals surface area contributed by atoms with Crippen molar-refractivity contribution < 1.29 is 9.13 Å². The third-order valence-corrected chi connectivity index (χ3v) is 3.59. The van der Waals surface area contributed by atoms with Crippen molar-refractivity contribution in [3.05, 3.63) is 24.0 Å². The smallest absolute Gasteiger partial charge is 0.142 e. The molecule has 1 N–H and O–H groups in total. The van der Waals surface area contributed by atoms with Gasteiger partial charge in [-0.15, -0.1) is 0 Å². The number of methoxy groups -OCH3 is 1. The average molecular weight is 252 g/mol. The highest BCUT2D eigenvalue weighted by Crippen LogP contribution is 2.28. The molecule has 0 aromatic heterocycles. The standard InChI is InChI=1S/C14H21FN2O/c1-17(8-6-11-5-7-16-10-11)13-9-12(15)3-4-14(13)18-2/h3-4,9,11,16H,5-8,10H2,1-2H3. The minimum atomic E-state index is -0.222. The number of hydrogen-bond acceptors (Lipinski definition) is 3. The zero-order chi connectivity index (χ0) is 13.0. The second-order valence-corrected chi connectivity index (χ2v) is 4.89. The molecule has 0 bridgehead atoms. The summed E-state index contributed by atoms with van der Waals surface area (Å²) in [5.41, 5.74) is 0.823. The van der Waals surface area contributed by atoms with Crippen molar-refractivity contribution >= 4 is 5.69 Å². The lowest BCUT2D eigenvalue weighted by Gasteiger charge is -2.23. The highest BCUT2D eigenvalue weighted by Gasteiger charge is 2.16. The Balaban J connectivity index is 1.98. The number of halogens is 1. The SMILES string of the molecule is COc1ccc(F)cc1N(C)CCC1CCNC1.